The van der Waals surface area contributed by atoms with Crippen LogP contribution in [0, 0.1) is 11.7 Å². The van der Waals surface area contributed by atoms with Crippen molar-refractivity contribution in [2.45, 2.75) is 32.7 Å². The normalized spacial score (nSPS) is 18.4. The SMILES string of the molecule is CC(C)n1c(/C=C/C=C2/C(=O)C3CCN2CC3)c(-c2ccc(F)cc2)c2ccccc21. The fourth-order valence-corrected chi connectivity index (χ4v) is 5.09. The number of piperidine rings is 3. The lowest BCUT2D eigenvalue weighted by Gasteiger charge is -2.40. The van der Waals surface area contributed by atoms with Crippen LogP contribution in [-0.2, 0) is 4.79 Å². The van der Waals surface area contributed by atoms with Gasteiger partial charge in [-0.1, -0.05) is 36.4 Å². The molecule has 0 radical (unpaired) electrons. The minimum atomic E-state index is -0.238. The van der Waals surface area contributed by atoms with Crippen molar-refractivity contribution in [1.29, 1.82) is 0 Å². The molecule has 31 heavy (non-hydrogen) atoms. The van der Waals surface area contributed by atoms with Gasteiger partial charge in [0.1, 0.15) is 5.82 Å². The third-order valence-corrected chi connectivity index (χ3v) is 6.56. The number of rotatable bonds is 4. The van der Waals surface area contributed by atoms with Gasteiger partial charge in [-0.3, -0.25) is 4.79 Å². The van der Waals surface area contributed by atoms with E-state index in [1.807, 2.05) is 30.4 Å². The molecule has 0 saturated carbocycles. The third-order valence-electron chi connectivity index (χ3n) is 6.56. The molecule has 3 fully saturated rings. The molecule has 3 aliphatic heterocycles. The first-order valence-electron chi connectivity index (χ1n) is 11.1. The molecule has 3 nitrogen and oxygen atoms in total. The Bertz CT molecular complexity index is 1190. The number of allylic oxidation sites excluding steroid dienone is 3. The number of Topliss-reactive ketones (excluding diaryl/α,β-unsaturated/α-hetero) is 1. The minimum absolute atomic E-state index is 0.196. The summed E-state index contributed by atoms with van der Waals surface area (Å²) in [5.41, 5.74) is 5.15. The number of halogens is 1. The Kier molecular flexibility index (Phi) is 5.01. The Morgan fingerprint density at radius 2 is 1.74 bits per heavy atom. The molecule has 4 heteroatoms. The summed E-state index contributed by atoms with van der Waals surface area (Å²) in [7, 11) is 0. The van der Waals surface area contributed by atoms with E-state index in [0.29, 0.717) is 0 Å². The molecule has 0 amide bonds. The second-order valence-electron chi connectivity index (χ2n) is 8.78. The van der Waals surface area contributed by atoms with Gasteiger partial charge in [0.2, 0.25) is 0 Å². The van der Waals surface area contributed by atoms with E-state index in [2.05, 4.69) is 47.6 Å². The van der Waals surface area contributed by atoms with Gasteiger partial charge in [0.05, 0.1) is 5.70 Å². The Morgan fingerprint density at radius 1 is 1.03 bits per heavy atom. The Labute approximate surface area is 182 Å². The van der Waals surface area contributed by atoms with E-state index >= 15 is 0 Å². The van der Waals surface area contributed by atoms with Gasteiger partial charge in [-0.2, -0.15) is 0 Å². The first-order valence-corrected chi connectivity index (χ1v) is 11.1. The summed E-state index contributed by atoms with van der Waals surface area (Å²) in [6.45, 7) is 6.30. The number of para-hydroxylation sites is 1. The summed E-state index contributed by atoms with van der Waals surface area (Å²) in [6, 6.07) is 15.3. The number of fused-ring (bicyclic) bond motifs is 4. The summed E-state index contributed by atoms with van der Waals surface area (Å²) in [5.74, 6) is 0.241. The van der Waals surface area contributed by atoms with Crippen LogP contribution in [0.4, 0.5) is 4.39 Å². The Balaban J connectivity index is 1.65. The molecule has 6 rings (SSSR count). The lowest BCUT2D eigenvalue weighted by atomic mass is 9.85. The van der Waals surface area contributed by atoms with Gasteiger partial charge < -0.3 is 9.47 Å². The van der Waals surface area contributed by atoms with Gasteiger partial charge in [-0.25, -0.2) is 4.39 Å². The number of nitrogens with zero attached hydrogens (tertiary/aromatic N) is 2. The number of ketones is 1. The van der Waals surface area contributed by atoms with Crippen LogP contribution in [-0.4, -0.2) is 28.3 Å². The van der Waals surface area contributed by atoms with Crippen LogP contribution in [0.15, 0.2) is 66.4 Å². The minimum Gasteiger partial charge on any atom is -0.369 e. The van der Waals surface area contributed by atoms with Crippen molar-refractivity contribution in [3.05, 3.63) is 77.9 Å². The third kappa shape index (κ3) is 3.40. The van der Waals surface area contributed by atoms with Crippen molar-refractivity contribution < 1.29 is 9.18 Å². The fraction of sp³-hybridized carbons (Fsp3) is 0.296. The molecule has 0 spiro atoms. The molecule has 3 aromatic rings. The van der Waals surface area contributed by atoms with Gasteiger partial charge in [0, 0.05) is 47.2 Å². The fourth-order valence-electron chi connectivity index (χ4n) is 5.09. The second kappa shape index (κ2) is 7.84. The zero-order valence-corrected chi connectivity index (χ0v) is 18.0. The summed E-state index contributed by atoms with van der Waals surface area (Å²) >= 11 is 0. The average molecular weight is 415 g/mol. The molecule has 0 atom stereocenters. The molecule has 158 valence electrons. The number of hydrogen-bond acceptors (Lipinski definition) is 2. The lowest BCUT2D eigenvalue weighted by molar-refractivity contribution is -0.125. The van der Waals surface area contributed by atoms with Crippen molar-refractivity contribution in [2.24, 2.45) is 5.92 Å². The molecule has 0 unspecified atom stereocenters. The summed E-state index contributed by atoms with van der Waals surface area (Å²) in [4.78, 5) is 14.9. The molecule has 2 bridgehead atoms. The van der Waals surface area contributed by atoms with E-state index in [4.69, 9.17) is 0 Å². The second-order valence-corrected chi connectivity index (χ2v) is 8.78. The van der Waals surface area contributed by atoms with Crippen LogP contribution in [0.3, 0.4) is 0 Å². The number of hydrogen-bond donors (Lipinski definition) is 0. The summed E-state index contributed by atoms with van der Waals surface area (Å²) in [5, 5.41) is 1.15. The van der Waals surface area contributed by atoms with E-state index in [-0.39, 0.29) is 23.6 Å². The molecule has 4 heterocycles. The van der Waals surface area contributed by atoms with Crippen molar-refractivity contribution in [1.82, 2.24) is 9.47 Å². The van der Waals surface area contributed by atoms with Crippen LogP contribution in [0.1, 0.15) is 38.4 Å². The van der Waals surface area contributed by atoms with Crippen molar-refractivity contribution in [3.8, 4) is 11.1 Å². The molecule has 2 aromatic carbocycles. The smallest absolute Gasteiger partial charge is 0.182 e. The zero-order valence-electron chi connectivity index (χ0n) is 18.0. The molecular formula is C27H27FN2O. The first kappa shape index (κ1) is 19.8. The highest BCUT2D eigenvalue weighted by Gasteiger charge is 2.35. The number of benzene rings is 2. The maximum Gasteiger partial charge on any atom is 0.182 e. The molecule has 1 aromatic heterocycles. The van der Waals surface area contributed by atoms with E-state index in [9.17, 15) is 9.18 Å². The summed E-state index contributed by atoms with van der Waals surface area (Å²) < 4.78 is 15.9. The van der Waals surface area contributed by atoms with Crippen molar-refractivity contribution >= 4 is 22.8 Å². The largest absolute Gasteiger partial charge is 0.369 e. The number of carbonyl (C=O) groups excluding carboxylic acids is 1. The van der Waals surface area contributed by atoms with Crippen LogP contribution in [0.5, 0.6) is 0 Å². The maximum atomic E-state index is 13.6. The molecule has 3 aliphatic rings. The van der Waals surface area contributed by atoms with E-state index in [0.717, 1.165) is 59.4 Å². The molecule has 0 N–H and O–H groups in total. The maximum absolute atomic E-state index is 13.6. The standard InChI is InChI=1S/C27H27FN2O/c1-18(2)30-23-7-4-3-6-22(23)26(19-10-12-21(28)13-11-19)24(30)8-5-9-25-27(31)20-14-16-29(25)17-15-20/h3-13,18,20H,14-17H2,1-2H3/b8-5+,25-9-. The highest BCUT2D eigenvalue weighted by atomic mass is 19.1. The predicted molar refractivity (Wildman–Crippen MR) is 124 cm³/mol. The van der Waals surface area contributed by atoms with Crippen LogP contribution >= 0.6 is 0 Å². The van der Waals surface area contributed by atoms with Crippen LogP contribution in [0.2, 0.25) is 0 Å². The van der Waals surface area contributed by atoms with Crippen molar-refractivity contribution in [3.63, 3.8) is 0 Å². The van der Waals surface area contributed by atoms with Crippen LogP contribution in [0.25, 0.3) is 28.1 Å². The average Bonchev–Trinajstić information content (AvgIpc) is 3.11. The summed E-state index contributed by atoms with van der Waals surface area (Å²) in [6.07, 6.45) is 8.05. The topological polar surface area (TPSA) is 25.2 Å². The van der Waals surface area contributed by atoms with Gasteiger partial charge in [-0.15, -0.1) is 0 Å². The molecule has 3 saturated heterocycles. The predicted octanol–water partition coefficient (Wildman–Crippen LogP) is 6.22. The van der Waals surface area contributed by atoms with E-state index in [1.165, 1.54) is 12.1 Å². The van der Waals surface area contributed by atoms with Crippen molar-refractivity contribution in [2.75, 3.05) is 13.1 Å². The first-order chi connectivity index (χ1) is 15.0. The lowest BCUT2D eigenvalue weighted by Crippen LogP contribution is -2.45. The number of aromatic nitrogens is 1. The quantitative estimate of drug-likeness (QED) is 0.474. The zero-order chi connectivity index (χ0) is 21.5. The Hall–Kier alpha value is -3.14. The van der Waals surface area contributed by atoms with Gasteiger partial charge in [0.25, 0.3) is 0 Å². The molecular weight excluding hydrogens is 387 g/mol. The van der Waals surface area contributed by atoms with E-state index in [1.54, 1.807) is 0 Å². The van der Waals surface area contributed by atoms with Gasteiger partial charge >= 0.3 is 0 Å². The highest BCUT2D eigenvalue weighted by molar-refractivity contribution is 6.01. The van der Waals surface area contributed by atoms with Crippen LogP contribution < -0.4 is 0 Å². The van der Waals surface area contributed by atoms with Gasteiger partial charge in [0.15, 0.2) is 5.78 Å². The van der Waals surface area contributed by atoms with E-state index < -0.39 is 0 Å². The monoisotopic (exact) mass is 414 g/mol. The highest BCUT2D eigenvalue weighted by Crippen LogP contribution is 2.38. The van der Waals surface area contributed by atoms with Gasteiger partial charge in [-0.05, 0) is 62.6 Å². The molecule has 0 aliphatic carbocycles. The number of carbonyl (C=O) groups is 1. The Morgan fingerprint density at radius 3 is 2.42 bits per heavy atom.